The maximum absolute atomic E-state index is 5.23. The van der Waals surface area contributed by atoms with Crippen molar-refractivity contribution in [2.24, 2.45) is 0 Å². The molecule has 53 heavy (non-hydrogen) atoms. The third-order valence-corrected chi connectivity index (χ3v) is 10.4. The van der Waals surface area contributed by atoms with Crippen LogP contribution in [0.4, 0.5) is 0 Å². The van der Waals surface area contributed by atoms with Crippen LogP contribution in [0.1, 0.15) is 0 Å². The zero-order valence-electron chi connectivity index (χ0n) is 29.0. The van der Waals surface area contributed by atoms with Gasteiger partial charge in [0.2, 0.25) is 0 Å². The number of nitrogens with zero attached hydrogens (tertiary/aromatic N) is 2. The molecule has 1 heterocycles. The van der Waals surface area contributed by atoms with E-state index >= 15 is 0 Å². The standard InChI is InChI=1S/C51H34N2/c1-3-16-35(17-4-1)38-20-15-21-39(34-38)50-44-25-10-8-23-42(44)49(43-24-9-11-26-45(43)50)37-30-32-40(33-31-37)53-48-29-14-13-28-47(48)52-51(53)46-27-12-7-22-41(46)36-18-5-2-6-19-36/h1-34H. The molecule has 0 aliphatic heterocycles. The Labute approximate surface area is 308 Å². The van der Waals surface area contributed by atoms with E-state index in [1.807, 2.05) is 0 Å². The van der Waals surface area contributed by atoms with Crippen molar-refractivity contribution in [3.8, 4) is 61.6 Å². The number of fused-ring (bicyclic) bond motifs is 3. The minimum Gasteiger partial charge on any atom is -0.292 e. The van der Waals surface area contributed by atoms with Gasteiger partial charge in [-0.05, 0) is 96.4 Å². The maximum atomic E-state index is 5.23. The van der Waals surface area contributed by atoms with Crippen molar-refractivity contribution in [1.29, 1.82) is 0 Å². The molecular weight excluding hydrogens is 641 g/mol. The van der Waals surface area contributed by atoms with Crippen LogP contribution < -0.4 is 0 Å². The van der Waals surface area contributed by atoms with E-state index in [0.29, 0.717) is 0 Å². The molecule has 0 saturated carbocycles. The summed E-state index contributed by atoms with van der Waals surface area (Å²) >= 11 is 0. The highest BCUT2D eigenvalue weighted by atomic mass is 15.1. The van der Waals surface area contributed by atoms with Gasteiger partial charge in [-0.3, -0.25) is 4.57 Å². The van der Waals surface area contributed by atoms with Gasteiger partial charge < -0.3 is 0 Å². The number of imidazole rings is 1. The van der Waals surface area contributed by atoms with Crippen molar-refractivity contribution in [2.75, 3.05) is 0 Å². The number of benzene rings is 9. The first kappa shape index (κ1) is 30.8. The fourth-order valence-electron chi connectivity index (χ4n) is 8.03. The summed E-state index contributed by atoms with van der Waals surface area (Å²) in [5.41, 5.74) is 13.9. The SMILES string of the molecule is c1ccc(-c2cccc(-c3c4ccccc4c(-c4ccc(-n5c(-c6ccccc6-c6ccccc6)nc6ccccc65)cc4)c4ccccc34)c2)cc1. The summed E-state index contributed by atoms with van der Waals surface area (Å²) in [5, 5.41) is 4.97. The van der Waals surface area contributed by atoms with Gasteiger partial charge in [0.05, 0.1) is 11.0 Å². The smallest absolute Gasteiger partial charge is 0.146 e. The number of hydrogen-bond donors (Lipinski definition) is 0. The Bertz CT molecular complexity index is 2860. The van der Waals surface area contributed by atoms with Crippen LogP contribution in [0.25, 0.3) is 94.2 Å². The molecule has 0 radical (unpaired) electrons. The Balaban J connectivity index is 1.15. The average Bonchev–Trinajstić information content (AvgIpc) is 3.63. The van der Waals surface area contributed by atoms with Gasteiger partial charge in [-0.1, -0.05) is 176 Å². The molecule has 9 aromatic carbocycles. The van der Waals surface area contributed by atoms with Crippen LogP contribution in [-0.2, 0) is 0 Å². The van der Waals surface area contributed by atoms with Crippen LogP contribution in [0.15, 0.2) is 206 Å². The summed E-state index contributed by atoms with van der Waals surface area (Å²) < 4.78 is 2.31. The molecule has 248 valence electrons. The van der Waals surface area contributed by atoms with E-state index in [9.17, 15) is 0 Å². The molecule has 1 aromatic heterocycles. The second kappa shape index (κ2) is 12.9. The lowest BCUT2D eigenvalue weighted by Crippen LogP contribution is -1.99. The summed E-state index contributed by atoms with van der Waals surface area (Å²) in [5.74, 6) is 0.927. The first-order valence-corrected chi connectivity index (χ1v) is 18.1. The molecule has 2 nitrogen and oxygen atoms in total. The molecule has 2 heteroatoms. The molecule has 0 unspecified atom stereocenters. The second-order valence-corrected chi connectivity index (χ2v) is 13.5. The Hall–Kier alpha value is -7.03. The third-order valence-electron chi connectivity index (χ3n) is 10.4. The van der Waals surface area contributed by atoms with Gasteiger partial charge in [0.15, 0.2) is 0 Å². The molecular formula is C51H34N2. The van der Waals surface area contributed by atoms with Gasteiger partial charge in [0, 0.05) is 11.3 Å². The molecule has 0 aliphatic carbocycles. The molecule has 0 N–H and O–H groups in total. The van der Waals surface area contributed by atoms with Crippen LogP contribution in [0, 0.1) is 0 Å². The summed E-state index contributed by atoms with van der Waals surface area (Å²) in [7, 11) is 0. The predicted molar refractivity (Wildman–Crippen MR) is 223 cm³/mol. The first-order chi connectivity index (χ1) is 26.3. The first-order valence-electron chi connectivity index (χ1n) is 18.1. The second-order valence-electron chi connectivity index (χ2n) is 13.5. The van der Waals surface area contributed by atoms with Crippen molar-refractivity contribution in [1.82, 2.24) is 9.55 Å². The van der Waals surface area contributed by atoms with Crippen LogP contribution in [0.2, 0.25) is 0 Å². The zero-order valence-corrected chi connectivity index (χ0v) is 29.0. The molecule has 0 fully saturated rings. The van der Waals surface area contributed by atoms with Crippen LogP contribution in [-0.4, -0.2) is 9.55 Å². The van der Waals surface area contributed by atoms with Crippen LogP contribution in [0.3, 0.4) is 0 Å². The molecule has 10 aromatic rings. The summed E-state index contributed by atoms with van der Waals surface area (Å²) in [6, 6.07) is 74.0. The van der Waals surface area contributed by atoms with Crippen molar-refractivity contribution in [3.63, 3.8) is 0 Å². The van der Waals surface area contributed by atoms with E-state index in [1.165, 1.54) is 60.5 Å². The molecule has 0 spiro atoms. The normalized spacial score (nSPS) is 11.4. The van der Waals surface area contributed by atoms with E-state index in [1.54, 1.807) is 0 Å². The van der Waals surface area contributed by atoms with E-state index in [2.05, 4.69) is 211 Å². The van der Waals surface area contributed by atoms with E-state index < -0.39 is 0 Å². The van der Waals surface area contributed by atoms with Crippen LogP contribution in [0.5, 0.6) is 0 Å². The highest BCUT2D eigenvalue weighted by molar-refractivity contribution is 6.21. The van der Waals surface area contributed by atoms with E-state index in [4.69, 9.17) is 4.98 Å². The summed E-state index contributed by atoms with van der Waals surface area (Å²) in [4.78, 5) is 5.23. The number of rotatable bonds is 6. The van der Waals surface area contributed by atoms with E-state index in [0.717, 1.165) is 33.7 Å². The van der Waals surface area contributed by atoms with Gasteiger partial charge in [0.1, 0.15) is 5.82 Å². The highest BCUT2D eigenvalue weighted by Gasteiger charge is 2.20. The topological polar surface area (TPSA) is 17.8 Å². The number of para-hydroxylation sites is 2. The summed E-state index contributed by atoms with van der Waals surface area (Å²) in [6.45, 7) is 0. The molecule has 0 amide bonds. The lowest BCUT2D eigenvalue weighted by molar-refractivity contribution is 1.10. The van der Waals surface area contributed by atoms with Crippen molar-refractivity contribution in [3.05, 3.63) is 206 Å². The fourth-order valence-corrected chi connectivity index (χ4v) is 8.03. The number of hydrogen-bond acceptors (Lipinski definition) is 1. The molecule has 0 saturated heterocycles. The average molecular weight is 675 g/mol. The monoisotopic (exact) mass is 674 g/mol. The van der Waals surface area contributed by atoms with Crippen molar-refractivity contribution < 1.29 is 0 Å². The predicted octanol–water partition coefficient (Wildman–Crippen LogP) is 13.7. The molecule has 0 aliphatic rings. The quantitative estimate of drug-likeness (QED) is 0.161. The number of aromatic nitrogens is 2. The Morgan fingerprint density at radius 3 is 1.47 bits per heavy atom. The Kier molecular flexibility index (Phi) is 7.51. The Morgan fingerprint density at radius 1 is 0.321 bits per heavy atom. The molecule has 10 rings (SSSR count). The van der Waals surface area contributed by atoms with Gasteiger partial charge in [0.25, 0.3) is 0 Å². The lowest BCUT2D eigenvalue weighted by atomic mass is 9.85. The fraction of sp³-hybridized carbons (Fsp3) is 0. The lowest BCUT2D eigenvalue weighted by Gasteiger charge is -2.19. The van der Waals surface area contributed by atoms with Gasteiger partial charge >= 0.3 is 0 Å². The summed E-state index contributed by atoms with van der Waals surface area (Å²) in [6.07, 6.45) is 0. The Morgan fingerprint density at radius 2 is 0.811 bits per heavy atom. The minimum atomic E-state index is 0.927. The molecule has 0 atom stereocenters. The van der Waals surface area contributed by atoms with Crippen LogP contribution >= 0.6 is 0 Å². The molecule has 0 bridgehead atoms. The third kappa shape index (κ3) is 5.32. The van der Waals surface area contributed by atoms with Gasteiger partial charge in [-0.15, -0.1) is 0 Å². The van der Waals surface area contributed by atoms with Gasteiger partial charge in [-0.2, -0.15) is 0 Å². The van der Waals surface area contributed by atoms with E-state index in [-0.39, 0.29) is 0 Å². The van der Waals surface area contributed by atoms with Gasteiger partial charge in [-0.25, -0.2) is 4.98 Å². The maximum Gasteiger partial charge on any atom is 0.146 e. The van der Waals surface area contributed by atoms with Crippen molar-refractivity contribution >= 4 is 32.6 Å². The minimum absolute atomic E-state index is 0.927. The van der Waals surface area contributed by atoms with Crippen molar-refractivity contribution in [2.45, 2.75) is 0 Å². The highest BCUT2D eigenvalue weighted by Crippen LogP contribution is 2.44. The zero-order chi connectivity index (χ0) is 35.1. The largest absolute Gasteiger partial charge is 0.292 e.